The van der Waals surface area contributed by atoms with Crippen LogP contribution in [0, 0.1) is 0 Å². The molecule has 0 atom stereocenters. The zero-order valence-electron chi connectivity index (χ0n) is 9.13. The minimum Gasteiger partial charge on any atom is -0.288 e. The maximum atomic E-state index is 12.3. The van der Waals surface area contributed by atoms with Gasteiger partial charge in [-0.3, -0.25) is 9.78 Å². The predicted molar refractivity (Wildman–Crippen MR) is 73.8 cm³/mol. The van der Waals surface area contributed by atoms with Gasteiger partial charge in [-0.1, -0.05) is 23.7 Å². The number of aliphatic imine (C=N–C) groups is 1. The van der Waals surface area contributed by atoms with Crippen molar-refractivity contribution in [3.8, 4) is 0 Å². The van der Waals surface area contributed by atoms with Crippen LogP contribution in [0.4, 0.5) is 5.69 Å². The van der Waals surface area contributed by atoms with Crippen molar-refractivity contribution in [1.82, 2.24) is 4.98 Å². The Morgan fingerprint density at radius 2 is 2.06 bits per heavy atom. The lowest BCUT2D eigenvalue weighted by molar-refractivity contribution is 0.103. The van der Waals surface area contributed by atoms with Gasteiger partial charge in [0.05, 0.1) is 21.4 Å². The van der Waals surface area contributed by atoms with Crippen molar-refractivity contribution < 1.29 is 4.79 Å². The average Bonchev–Trinajstić information content (AvgIpc) is 2.40. The molecular formula is C13H7ClN2OS. The highest BCUT2D eigenvalue weighted by atomic mass is 35.5. The number of nitrogens with zero attached hydrogens (tertiary/aromatic N) is 2. The zero-order chi connectivity index (χ0) is 13.0. The summed E-state index contributed by atoms with van der Waals surface area (Å²) in [6, 6.07) is 8.45. The molecule has 0 saturated carbocycles. The van der Waals surface area contributed by atoms with Gasteiger partial charge in [-0.05, 0) is 30.4 Å². The maximum absolute atomic E-state index is 12.3. The second kappa shape index (κ2) is 5.65. The largest absolute Gasteiger partial charge is 0.288 e. The number of hydrogen-bond donors (Lipinski definition) is 0. The summed E-state index contributed by atoms with van der Waals surface area (Å²) in [6.45, 7) is 0. The Balaban J connectivity index is 2.53. The van der Waals surface area contributed by atoms with Crippen molar-refractivity contribution in [2.75, 3.05) is 0 Å². The van der Waals surface area contributed by atoms with Crippen LogP contribution in [0.2, 0.25) is 5.02 Å². The van der Waals surface area contributed by atoms with Gasteiger partial charge in [0.25, 0.3) is 0 Å². The van der Waals surface area contributed by atoms with E-state index in [1.54, 1.807) is 30.3 Å². The molecule has 5 heteroatoms. The van der Waals surface area contributed by atoms with Crippen LogP contribution in [0.3, 0.4) is 0 Å². The summed E-state index contributed by atoms with van der Waals surface area (Å²) in [5, 5.41) is 2.61. The predicted octanol–water partition coefficient (Wildman–Crippen LogP) is 3.70. The third-order valence-electron chi connectivity index (χ3n) is 2.33. The van der Waals surface area contributed by atoms with E-state index in [0.717, 1.165) is 0 Å². The molecule has 0 aliphatic carbocycles. The van der Waals surface area contributed by atoms with Crippen LogP contribution >= 0.6 is 23.8 Å². The highest BCUT2D eigenvalue weighted by Gasteiger charge is 2.15. The molecule has 0 saturated heterocycles. The molecule has 0 fully saturated rings. The minimum atomic E-state index is -0.238. The van der Waals surface area contributed by atoms with Crippen LogP contribution in [0.25, 0.3) is 0 Å². The smallest absolute Gasteiger partial charge is 0.198 e. The maximum Gasteiger partial charge on any atom is 0.198 e. The van der Waals surface area contributed by atoms with Crippen LogP contribution in [0.15, 0.2) is 47.7 Å². The Kier molecular flexibility index (Phi) is 3.95. The molecule has 2 rings (SSSR count). The highest BCUT2D eigenvalue weighted by Crippen LogP contribution is 2.24. The number of para-hydroxylation sites is 1. The van der Waals surface area contributed by atoms with Crippen LogP contribution in [-0.4, -0.2) is 15.9 Å². The van der Waals surface area contributed by atoms with Gasteiger partial charge in [0.15, 0.2) is 5.78 Å². The summed E-state index contributed by atoms with van der Waals surface area (Å²) in [5.74, 6) is -0.238. The van der Waals surface area contributed by atoms with Crippen molar-refractivity contribution in [2.45, 2.75) is 0 Å². The van der Waals surface area contributed by atoms with Crippen molar-refractivity contribution in [3.05, 3.63) is 58.9 Å². The van der Waals surface area contributed by atoms with E-state index in [1.165, 1.54) is 12.4 Å². The van der Waals surface area contributed by atoms with Crippen molar-refractivity contribution >= 4 is 40.5 Å². The second-order valence-corrected chi connectivity index (χ2v) is 3.99. The molecule has 0 aliphatic rings. The van der Waals surface area contributed by atoms with E-state index in [-0.39, 0.29) is 5.78 Å². The summed E-state index contributed by atoms with van der Waals surface area (Å²) in [4.78, 5) is 20.1. The SMILES string of the molecule is O=C(c1cnccc1Cl)c1ccccc1N=C=S. The molecule has 0 bridgehead atoms. The Bertz CT molecular complexity index is 651. The Morgan fingerprint density at radius 1 is 1.28 bits per heavy atom. The zero-order valence-corrected chi connectivity index (χ0v) is 10.7. The lowest BCUT2D eigenvalue weighted by Crippen LogP contribution is -2.03. The average molecular weight is 275 g/mol. The number of ketones is 1. The minimum absolute atomic E-state index is 0.238. The van der Waals surface area contributed by atoms with Crippen molar-refractivity contribution in [3.63, 3.8) is 0 Å². The summed E-state index contributed by atoms with van der Waals surface area (Å²) in [6.07, 6.45) is 2.96. The molecule has 88 valence electrons. The van der Waals surface area contributed by atoms with Crippen LogP contribution in [-0.2, 0) is 0 Å². The van der Waals surface area contributed by atoms with E-state index < -0.39 is 0 Å². The molecule has 0 aliphatic heterocycles. The molecule has 0 amide bonds. The topological polar surface area (TPSA) is 42.3 Å². The standard InChI is InChI=1S/C13H7ClN2OS/c14-11-5-6-15-7-10(11)13(17)9-3-1-2-4-12(9)16-8-18/h1-7H. The molecule has 0 unspecified atom stereocenters. The molecule has 0 spiro atoms. The van der Waals surface area contributed by atoms with Gasteiger partial charge in [0, 0.05) is 18.0 Å². The first-order chi connectivity index (χ1) is 8.74. The molecule has 0 radical (unpaired) electrons. The number of isothiocyanates is 1. The molecule has 3 nitrogen and oxygen atoms in total. The number of carbonyl (C=O) groups excluding carboxylic acids is 1. The van der Waals surface area contributed by atoms with Gasteiger partial charge in [-0.15, -0.1) is 0 Å². The first kappa shape index (κ1) is 12.6. The first-order valence-electron chi connectivity index (χ1n) is 5.05. The summed E-state index contributed by atoms with van der Waals surface area (Å²) in [7, 11) is 0. The van der Waals surface area contributed by atoms with Gasteiger partial charge in [0.1, 0.15) is 0 Å². The van der Waals surface area contributed by atoms with Gasteiger partial charge in [0.2, 0.25) is 0 Å². The van der Waals surface area contributed by atoms with E-state index in [2.05, 4.69) is 27.4 Å². The van der Waals surface area contributed by atoms with Crippen LogP contribution < -0.4 is 0 Å². The molecule has 18 heavy (non-hydrogen) atoms. The summed E-state index contributed by atoms with van der Waals surface area (Å²) >= 11 is 10.5. The number of halogens is 1. The van der Waals surface area contributed by atoms with Gasteiger partial charge in [-0.25, -0.2) is 0 Å². The second-order valence-electron chi connectivity index (χ2n) is 3.40. The van der Waals surface area contributed by atoms with Gasteiger partial charge < -0.3 is 0 Å². The van der Waals surface area contributed by atoms with Crippen LogP contribution in [0.5, 0.6) is 0 Å². The van der Waals surface area contributed by atoms with E-state index in [0.29, 0.717) is 21.8 Å². The number of pyridine rings is 1. The summed E-state index contributed by atoms with van der Waals surface area (Å²) in [5.41, 5.74) is 1.23. The third kappa shape index (κ3) is 2.51. The van der Waals surface area contributed by atoms with E-state index in [1.807, 2.05) is 0 Å². The van der Waals surface area contributed by atoms with E-state index in [9.17, 15) is 4.79 Å². The fourth-order valence-corrected chi connectivity index (χ4v) is 1.79. The van der Waals surface area contributed by atoms with Gasteiger partial charge >= 0.3 is 0 Å². The number of rotatable bonds is 3. The quantitative estimate of drug-likeness (QED) is 0.487. The molecular weight excluding hydrogens is 268 g/mol. The molecule has 1 aromatic heterocycles. The fraction of sp³-hybridized carbons (Fsp3) is 0. The number of hydrogen-bond acceptors (Lipinski definition) is 4. The summed E-state index contributed by atoms with van der Waals surface area (Å²) < 4.78 is 0. The monoisotopic (exact) mass is 274 g/mol. The lowest BCUT2D eigenvalue weighted by atomic mass is 10.0. The third-order valence-corrected chi connectivity index (χ3v) is 2.75. The number of thiocarbonyl (C=S) groups is 1. The van der Waals surface area contributed by atoms with Crippen LogP contribution in [0.1, 0.15) is 15.9 Å². The molecule has 0 N–H and O–H groups in total. The lowest BCUT2D eigenvalue weighted by Gasteiger charge is -2.04. The number of carbonyl (C=O) groups is 1. The van der Waals surface area contributed by atoms with E-state index >= 15 is 0 Å². The Morgan fingerprint density at radius 3 is 2.78 bits per heavy atom. The van der Waals surface area contributed by atoms with Crippen molar-refractivity contribution in [1.29, 1.82) is 0 Å². The first-order valence-corrected chi connectivity index (χ1v) is 5.84. The van der Waals surface area contributed by atoms with Gasteiger partial charge in [-0.2, -0.15) is 4.99 Å². The van der Waals surface area contributed by atoms with Crippen molar-refractivity contribution in [2.24, 2.45) is 4.99 Å². The Hall–Kier alpha value is -1.87. The van der Waals surface area contributed by atoms with E-state index in [4.69, 9.17) is 11.6 Å². The fourth-order valence-electron chi connectivity index (χ4n) is 1.50. The number of aromatic nitrogens is 1. The number of benzene rings is 1. The molecule has 1 aromatic carbocycles. The Labute approximate surface area is 114 Å². The molecule has 2 aromatic rings. The highest BCUT2D eigenvalue weighted by molar-refractivity contribution is 7.78. The molecule has 1 heterocycles. The normalized spacial score (nSPS) is 9.61.